The molecule has 1 amide bonds. The third-order valence-electron chi connectivity index (χ3n) is 5.08. The van der Waals surface area contributed by atoms with Crippen molar-refractivity contribution in [1.29, 1.82) is 0 Å². The van der Waals surface area contributed by atoms with E-state index in [-0.39, 0.29) is 17.5 Å². The maximum atomic E-state index is 13.4. The lowest BCUT2D eigenvalue weighted by molar-refractivity contribution is -0.116. The molecule has 0 aliphatic carbocycles. The lowest BCUT2D eigenvalue weighted by atomic mass is 10.1. The molecule has 0 aliphatic heterocycles. The first-order chi connectivity index (χ1) is 14.0. The molecule has 1 aromatic heterocycles. The fourth-order valence-electron chi connectivity index (χ4n) is 3.46. The Labute approximate surface area is 169 Å². The monoisotopic (exact) mass is 395 g/mol. The summed E-state index contributed by atoms with van der Waals surface area (Å²) in [5.41, 5.74) is 8.45. The van der Waals surface area contributed by atoms with Crippen molar-refractivity contribution in [3.05, 3.63) is 60.0 Å². The Hall–Kier alpha value is -3.15. The maximum absolute atomic E-state index is 13.4. The largest absolute Gasteiger partial charge is 0.397 e. The van der Waals surface area contributed by atoms with E-state index in [0.717, 1.165) is 36.6 Å². The van der Waals surface area contributed by atoms with Crippen LogP contribution in [0.4, 0.5) is 15.8 Å². The van der Waals surface area contributed by atoms with Gasteiger partial charge in [-0.15, -0.1) is 0 Å². The quantitative estimate of drug-likeness (QED) is 0.302. The molecule has 29 heavy (non-hydrogen) atoms. The molecule has 3 N–H and O–H groups in total. The Bertz CT molecular complexity index is 1030. The van der Waals surface area contributed by atoms with Crippen LogP contribution in [0.5, 0.6) is 0 Å². The highest BCUT2D eigenvalue weighted by atomic mass is 19.1. The second-order valence-electron chi connectivity index (χ2n) is 7.26. The summed E-state index contributed by atoms with van der Waals surface area (Å²) in [7, 11) is 1.82. The molecule has 152 valence electrons. The molecule has 0 aliphatic rings. The summed E-state index contributed by atoms with van der Waals surface area (Å²) in [5.74, 6) is -0.302. The number of anilines is 2. The number of aromatic nitrogens is 1. The predicted molar refractivity (Wildman–Crippen MR) is 114 cm³/mol. The second-order valence-corrected chi connectivity index (χ2v) is 7.26. The van der Waals surface area contributed by atoms with Crippen LogP contribution in [0.15, 0.2) is 48.5 Å². The van der Waals surface area contributed by atoms with E-state index in [2.05, 4.69) is 5.32 Å². The average Bonchev–Trinajstić information content (AvgIpc) is 3.02. The molecular weight excluding hydrogens is 369 g/mol. The molecular formula is C23H26FN3O2. The Morgan fingerprint density at radius 1 is 1.00 bits per heavy atom. The molecule has 0 saturated heterocycles. The van der Waals surface area contributed by atoms with Gasteiger partial charge in [-0.05, 0) is 49.2 Å². The van der Waals surface area contributed by atoms with E-state index in [4.69, 9.17) is 5.73 Å². The topological polar surface area (TPSA) is 77.1 Å². The molecule has 6 heteroatoms. The van der Waals surface area contributed by atoms with Crippen LogP contribution in [0, 0.1) is 5.82 Å². The number of unbranched alkanes of at least 4 members (excludes halogenated alkanes) is 3. The third kappa shape index (κ3) is 5.22. The van der Waals surface area contributed by atoms with E-state index in [1.807, 2.05) is 23.7 Å². The minimum atomic E-state index is -0.305. The number of nitrogen functional groups attached to an aromatic ring is 1. The first-order valence-corrected chi connectivity index (χ1v) is 9.88. The minimum Gasteiger partial charge on any atom is -0.397 e. The number of carbonyl (C=O) groups is 2. The fraction of sp³-hybridized carbons (Fsp3) is 0.304. The van der Waals surface area contributed by atoms with Crippen LogP contribution in [0.3, 0.4) is 0 Å². The summed E-state index contributed by atoms with van der Waals surface area (Å²) in [6.45, 7) is 0. The Balaban J connectivity index is 1.38. The van der Waals surface area contributed by atoms with E-state index >= 15 is 0 Å². The molecule has 0 atom stereocenters. The summed E-state index contributed by atoms with van der Waals surface area (Å²) in [5, 5.41) is 3.55. The summed E-state index contributed by atoms with van der Waals surface area (Å²) in [6.07, 6.45) is 4.16. The summed E-state index contributed by atoms with van der Waals surface area (Å²) >= 11 is 0. The number of nitrogens with one attached hydrogen (secondary N) is 1. The number of rotatable bonds is 9. The van der Waals surface area contributed by atoms with Crippen LogP contribution >= 0.6 is 0 Å². The van der Waals surface area contributed by atoms with Crippen molar-refractivity contribution in [3.63, 3.8) is 0 Å². The van der Waals surface area contributed by atoms with Gasteiger partial charge in [0.2, 0.25) is 5.91 Å². The number of hydrogen-bond acceptors (Lipinski definition) is 3. The Morgan fingerprint density at radius 2 is 1.72 bits per heavy atom. The number of halogens is 1. The number of carbonyl (C=O) groups excluding carboxylic acids is 2. The zero-order valence-electron chi connectivity index (χ0n) is 16.6. The summed E-state index contributed by atoms with van der Waals surface area (Å²) in [4.78, 5) is 24.5. The Morgan fingerprint density at radius 3 is 2.48 bits per heavy atom. The van der Waals surface area contributed by atoms with Crippen LogP contribution in [-0.2, 0) is 11.8 Å². The summed E-state index contributed by atoms with van der Waals surface area (Å²) < 4.78 is 15.2. The predicted octanol–water partition coefficient (Wildman–Crippen LogP) is 5.06. The van der Waals surface area contributed by atoms with Gasteiger partial charge in [0, 0.05) is 30.8 Å². The van der Waals surface area contributed by atoms with Crippen molar-refractivity contribution in [3.8, 4) is 0 Å². The first-order valence-electron chi connectivity index (χ1n) is 9.88. The van der Waals surface area contributed by atoms with Gasteiger partial charge in [-0.1, -0.05) is 25.0 Å². The number of aryl methyl sites for hydroxylation is 1. The van der Waals surface area contributed by atoms with E-state index in [9.17, 15) is 14.0 Å². The lowest BCUT2D eigenvalue weighted by Gasteiger charge is -2.07. The second kappa shape index (κ2) is 9.37. The van der Waals surface area contributed by atoms with Crippen molar-refractivity contribution in [2.75, 3.05) is 11.1 Å². The highest BCUT2D eigenvalue weighted by Gasteiger charge is 2.13. The zero-order chi connectivity index (χ0) is 20.8. The van der Waals surface area contributed by atoms with E-state index in [1.165, 1.54) is 12.1 Å². The zero-order valence-corrected chi connectivity index (χ0v) is 16.6. The number of Topliss-reactive ketones (excluding diaryl/α,β-unsaturated/α-hetero) is 1. The van der Waals surface area contributed by atoms with Crippen LogP contribution in [0.2, 0.25) is 0 Å². The lowest BCUT2D eigenvalue weighted by Crippen LogP contribution is -2.12. The van der Waals surface area contributed by atoms with Gasteiger partial charge in [-0.25, -0.2) is 4.39 Å². The van der Waals surface area contributed by atoms with E-state index in [1.54, 1.807) is 24.3 Å². The molecule has 0 fully saturated rings. The molecule has 5 nitrogen and oxygen atoms in total. The molecule has 1 heterocycles. The smallest absolute Gasteiger partial charge is 0.224 e. The molecule has 2 aromatic carbocycles. The molecule has 0 saturated carbocycles. The van der Waals surface area contributed by atoms with Gasteiger partial charge in [0.15, 0.2) is 5.78 Å². The van der Waals surface area contributed by atoms with Gasteiger partial charge in [-0.3, -0.25) is 9.59 Å². The number of fused-ring (bicyclic) bond motifs is 1. The number of amides is 1. The fourth-order valence-corrected chi connectivity index (χ4v) is 3.46. The SMILES string of the molecule is Cn1c(C(=O)CCCCCCC(=O)Nc2ccccc2N)cc2cc(F)ccc21. The van der Waals surface area contributed by atoms with Crippen molar-refractivity contribution in [2.45, 2.75) is 38.5 Å². The number of ketones is 1. The van der Waals surface area contributed by atoms with Crippen molar-refractivity contribution in [1.82, 2.24) is 4.57 Å². The van der Waals surface area contributed by atoms with Gasteiger partial charge >= 0.3 is 0 Å². The molecule has 0 spiro atoms. The highest BCUT2D eigenvalue weighted by Crippen LogP contribution is 2.22. The molecule has 0 bridgehead atoms. The number of hydrogen-bond donors (Lipinski definition) is 2. The Kier molecular flexibility index (Phi) is 6.65. The molecule has 3 rings (SSSR count). The van der Waals surface area contributed by atoms with Gasteiger partial charge in [-0.2, -0.15) is 0 Å². The molecule has 0 unspecified atom stereocenters. The standard InChI is InChI=1S/C23H26FN3O2/c1-27-20-13-12-17(24)14-16(20)15-21(27)22(28)10-4-2-3-5-11-23(29)26-19-9-7-6-8-18(19)25/h6-9,12-15H,2-5,10-11,25H2,1H3,(H,26,29). The average molecular weight is 395 g/mol. The normalized spacial score (nSPS) is 11.0. The molecule has 0 radical (unpaired) electrons. The van der Waals surface area contributed by atoms with Gasteiger partial charge in [0.1, 0.15) is 5.82 Å². The molecule has 3 aromatic rings. The van der Waals surface area contributed by atoms with Crippen LogP contribution in [0.1, 0.15) is 49.0 Å². The highest BCUT2D eigenvalue weighted by molar-refractivity contribution is 6.00. The van der Waals surface area contributed by atoms with Gasteiger partial charge in [0.05, 0.1) is 17.1 Å². The van der Waals surface area contributed by atoms with Crippen LogP contribution < -0.4 is 11.1 Å². The number of nitrogens with two attached hydrogens (primary N) is 1. The van der Waals surface area contributed by atoms with Crippen molar-refractivity contribution >= 4 is 34.0 Å². The number of benzene rings is 2. The van der Waals surface area contributed by atoms with E-state index < -0.39 is 0 Å². The van der Waals surface area contributed by atoms with Crippen molar-refractivity contribution in [2.24, 2.45) is 7.05 Å². The van der Waals surface area contributed by atoms with E-state index in [0.29, 0.717) is 29.9 Å². The summed E-state index contributed by atoms with van der Waals surface area (Å²) in [6, 6.07) is 13.5. The van der Waals surface area contributed by atoms with Crippen LogP contribution in [-0.4, -0.2) is 16.3 Å². The third-order valence-corrected chi connectivity index (χ3v) is 5.08. The number of nitrogens with zero attached hydrogens (tertiary/aromatic N) is 1. The minimum absolute atomic E-state index is 0.0540. The number of para-hydroxylation sites is 2. The van der Waals surface area contributed by atoms with Gasteiger partial charge in [0.25, 0.3) is 0 Å². The van der Waals surface area contributed by atoms with Gasteiger partial charge < -0.3 is 15.6 Å². The van der Waals surface area contributed by atoms with Crippen molar-refractivity contribution < 1.29 is 14.0 Å². The maximum Gasteiger partial charge on any atom is 0.224 e. The van der Waals surface area contributed by atoms with Crippen LogP contribution in [0.25, 0.3) is 10.9 Å². The first kappa shape index (κ1) is 20.6.